The molecular weight excluding hydrogens is 376 g/mol. The van der Waals surface area contributed by atoms with Crippen LogP contribution >= 0.6 is 0 Å². The van der Waals surface area contributed by atoms with Crippen molar-refractivity contribution in [2.24, 2.45) is 0 Å². The quantitative estimate of drug-likeness (QED) is 0.476. The van der Waals surface area contributed by atoms with Crippen molar-refractivity contribution in [1.82, 2.24) is 20.9 Å². The molecule has 4 N–H and O–H groups in total. The van der Waals surface area contributed by atoms with Crippen LogP contribution < -0.4 is 10.6 Å². The van der Waals surface area contributed by atoms with Crippen LogP contribution in [0.2, 0.25) is 0 Å². The van der Waals surface area contributed by atoms with Gasteiger partial charge in [-0.1, -0.05) is 24.2 Å². The highest BCUT2D eigenvalue weighted by molar-refractivity contribution is 6.01. The molecule has 0 aliphatic rings. The lowest BCUT2D eigenvalue weighted by Crippen LogP contribution is -2.23. The number of aromatic hydroxyl groups is 2. The third-order valence-electron chi connectivity index (χ3n) is 4.42. The number of benzene rings is 1. The predicted octanol–water partition coefficient (Wildman–Crippen LogP) is 3.00. The van der Waals surface area contributed by atoms with Crippen LogP contribution in [0.3, 0.4) is 0 Å². The van der Waals surface area contributed by atoms with Crippen molar-refractivity contribution >= 4 is 5.91 Å². The summed E-state index contributed by atoms with van der Waals surface area (Å²) in [7, 11) is 1.78. The van der Waals surface area contributed by atoms with Crippen molar-refractivity contribution in [3.63, 3.8) is 0 Å². The summed E-state index contributed by atoms with van der Waals surface area (Å²) in [5, 5.41) is 34.2. The molecule has 9 nitrogen and oxygen atoms in total. The number of aromatic nitrogens is 2. The number of hydrogen-bond donors (Lipinski definition) is 4. The first-order chi connectivity index (χ1) is 13.9. The van der Waals surface area contributed by atoms with Gasteiger partial charge < -0.3 is 29.9 Å². The first-order valence-corrected chi connectivity index (χ1v) is 9.32. The average Bonchev–Trinajstić information content (AvgIpc) is 3.28. The van der Waals surface area contributed by atoms with Gasteiger partial charge in [0, 0.05) is 25.2 Å². The van der Waals surface area contributed by atoms with Gasteiger partial charge in [0.15, 0.2) is 17.2 Å². The Bertz CT molecular complexity index is 1020. The number of carbonyl (C=O) groups excluding carboxylic acids is 1. The molecule has 0 fully saturated rings. The van der Waals surface area contributed by atoms with Gasteiger partial charge in [-0.25, -0.2) is 0 Å². The fourth-order valence-corrected chi connectivity index (χ4v) is 3.03. The zero-order valence-corrected chi connectivity index (χ0v) is 16.7. The Labute approximate surface area is 167 Å². The highest BCUT2D eigenvalue weighted by atomic mass is 16.5. The summed E-state index contributed by atoms with van der Waals surface area (Å²) >= 11 is 0. The van der Waals surface area contributed by atoms with E-state index in [1.807, 2.05) is 13.8 Å². The molecule has 3 rings (SSSR count). The molecule has 1 amide bonds. The highest BCUT2D eigenvalue weighted by Crippen LogP contribution is 2.43. The average molecular weight is 400 g/mol. The van der Waals surface area contributed by atoms with Gasteiger partial charge in [-0.15, -0.1) is 0 Å². The summed E-state index contributed by atoms with van der Waals surface area (Å²) in [5.74, 6) is -0.240. The summed E-state index contributed by atoms with van der Waals surface area (Å²) < 4.78 is 10.9. The van der Waals surface area contributed by atoms with E-state index in [2.05, 4.69) is 20.9 Å². The number of hydrogen-bond acceptors (Lipinski definition) is 8. The lowest BCUT2D eigenvalue weighted by Gasteiger charge is -2.11. The molecule has 1 aromatic carbocycles. The van der Waals surface area contributed by atoms with Crippen molar-refractivity contribution in [3.8, 4) is 34.1 Å². The Kier molecular flexibility index (Phi) is 5.88. The molecule has 0 radical (unpaired) electrons. The van der Waals surface area contributed by atoms with E-state index in [0.717, 1.165) is 0 Å². The van der Waals surface area contributed by atoms with Crippen molar-refractivity contribution in [2.75, 3.05) is 13.6 Å². The van der Waals surface area contributed by atoms with Gasteiger partial charge >= 0.3 is 0 Å². The zero-order valence-electron chi connectivity index (χ0n) is 16.7. The SMILES string of the molecule is CCNC(=O)c1noc(-c2cc(C(C)C)c(O)cc2O)c1-c1cc(CNC)no1. The van der Waals surface area contributed by atoms with Gasteiger partial charge in [-0.05, 0) is 31.5 Å². The Morgan fingerprint density at radius 3 is 2.55 bits per heavy atom. The monoisotopic (exact) mass is 400 g/mol. The standard InChI is InChI=1S/C20H24N4O5/c1-5-22-20(27)18-17(16-6-11(9-21-4)23-28-16)19(29-24-18)13-7-12(10(2)3)14(25)8-15(13)26/h6-8,10,21,25-26H,5,9H2,1-4H3,(H,22,27). The van der Waals surface area contributed by atoms with Gasteiger partial charge in [0.1, 0.15) is 17.1 Å². The van der Waals surface area contributed by atoms with Crippen LogP contribution in [0.15, 0.2) is 27.2 Å². The Morgan fingerprint density at radius 2 is 1.90 bits per heavy atom. The predicted molar refractivity (Wildman–Crippen MR) is 106 cm³/mol. The highest BCUT2D eigenvalue weighted by Gasteiger charge is 2.29. The number of phenols is 2. The molecule has 154 valence electrons. The van der Waals surface area contributed by atoms with Gasteiger partial charge in [0.25, 0.3) is 5.91 Å². The number of nitrogens with zero attached hydrogens (tertiary/aromatic N) is 2. The maximum Gasteiger partial charge on any atom is 0.274 e. The van der Waals surface area contributed by atoms with Crippen LogP contribution in [0.1, 0.15) is 48.4 Å². The Morgan fingerprint density at radius 1 is 1.14 bits per heavy atom. The van der Waals surface area contributed by atoms with Gasteiger partial charge in [-0.3, -0.25) is 4.79 Å². The summed E-state index contributed by atoms with van der Waals surface area (Å²) in [6.07, 6.45) is 0. The van der Waals surface area contributed by atoms with Crippen LogP contribution in [-0.4, -0.2) is 40.0 Å². The summed E-state index contributed by atoms with van der Waals surface area (Å²) in [4.78, 5) is 12.5. The van der Waals surface area contributed by atoms with E-state index >= 15 is 0 Å². The first kappa shape index (κ1) is 20.4. The molecule has 0 atom stereocenters. The topological polar surface area (TPSA) is 134 Å². The van der Waals surface area contributed by atoms with E-state index in [1.165, 1.54) is 6.07 Å². The summed E-state index contributed by atoms with van der Waals surface area (Å²) in [6, 6.07) is 4.54. The minimum atomic E-state index is -0.439. The van der Waals surface area contributed by atoms with E-state index in [-0.39, 0.29) is 45.8 Å². The molecule has 0 spiro atoms. The van der Waals surface area contributed by atoms with Crippen molar-refractivity contribution < 1.29 is 24.1 Å². The fraction of sp³-hybridized carbons (Fsp3) is 0.350. The summed E-state index contributed by atoms with van der Waals surface area (Å²) in [6.45, 7) is 6.50. The van der Waals surface area contributed by atoms with Gasteiger partial charge in [-0.2, -0.15) is 0 Å². The first-order valence-electron chi connectivity index (χ1n) is 9.32. The Balaban J connectivity index is 2.22. The van der Waals surface area contributed by atoms with Gasteiger partial charge in [0.2, 0.25) is 0 Å². The molecule has 2 aromatic heterocycles. The lowest BCUT2D eigenvalue weighted by atomic mass is 9.95. The lowest BCUT2D eigenvalue weighted by molar-refractivity contribution is 0.0947. The number of nitrogens with one attached hydrogen (secondary N) is 2. The van der Waals surface area contributed by atoms with Crippen LogP contribution in [0.4, 0.5) is 0 Å². The maximum atomic E-state index is 12.5. The second-order valence-electron chi connectivity index (χ2n) is 6.89. The van der Waals surface area contributed by atoms with Crippen LogP contribution in [0.25, 0.3) is 22.6 Å². The normalized spacial score (nSPS) is 11.2. The van der Waals surface area contributed by atoms with E-state index in [1.54, 1.807) is 26.1 Å². The number of rotatable bonds is 7. The molecule has 29 heavy (non-hydrogen) atoms. The smallest absolute Gasteiger partial charge is 0.274 e. The fourth-order valence-electron chi connectivity index (χ4n) is 3.03. The molecule has 9 heteroatoms. The maximum absolute atomic E-state index is 12.5. The molecule has 0 aliphatic heterocycles. The largest absolute Gasteiger partial charge is 0.508 e. The second-order valence-corrected chi connectivity index (χ2v) is 6.89. The molecule has 3 aromatic rings. The second kappa shape index (κ2) is 8.36. The van der Waals surface area contributed by atoms with Crippen molar-refractivity contribution in [1.29, 1.82) is 0 Å². The van der Waals surface area contributed by atoms with Crippen molar-refractivity contribution in [3.05, 3.63) is 35.2 Å². The van der Waals surface area contributed by atoms with Crippen LogP contribution in [0.5, 0.6) is 11.5 Å². The molecule has 0 unspecified atom stereocenters. The molecule has 0 bridgehead atoms. The van der Waals surface area contributed by atoms with E-state index in [9.17, 15) is 15.0 Å². The molecule has 2 heterocycles. The third kappa shape index (κ3) is 3.95. The number of carbonyl (C=O) groups is 1. The van der Waals surface area contributed by atoms with Gasteiger partial charge in [0.05, 0.1) is 11.3 Å². The molecule has 0 aliphatic carbocycles. The molecular formula is C20H24N4O5. The van der Waals surface area contributed by atoms with E-state index in [0.29, 0.717) is 24.3 Å². The van der Waals surface area contributed by atoms with Crippen molar-refractivity contribution in [2.45, 2.75) is 33.2 Å². The number of phenolic OH excluding ortho intramolecular Hbond substituents is 2. The zero-order chi connectivity index (χ0) is 21.1. The number of amides is 1. The van der Waals surface area contributed by atoms with E-state index < -0.39 is 5.91 Å². The molecule has 0 saturated heterocycles. The molecule has 0 saturated carbocycles. The Hall–Kier alpha value is -3.33. The third-order valence-corrected chi connectivity index (χ3v) is 4.42. The summed E-state index contributed by atoms with van der Waals surface area (Å²) in [5.41, 5.74) is 1.84. The minimum absolute atomic E-state index is 0.00362. The van der Waals surface area contributed by atoms with E-state index in [4.69, 9.17) is 9.05 Å². The van der Waals surface area contributed by atoms with Crippen LogP contribution in [-0.2, 0) is 6.54 Å². The minimum Gasteiger partial charge on any atom is -0.508 e. The van der Waals surface area contributed by atoms with Crippen LogP contribution in [0, 0.1) is 0 Å².